The minimum absolute atomic E-state index is 0.0218. The van der Waals surface area contributed by atoms with E-state index in [-0.39, 0.29) is 41.5 Å². The zero-order valence-corrected chi connectivity index (χ0v) is 15.3. The first-order valence-corrected chi connectivity index (χ1v) is 9.70. The van der Waals surface area contributed by atoms with Crippen LogP contribution in [0.1, 0.15) is 40.5 Å². The van der Waals surface area contributed by atoms with Gasteiger partial charge in [-0.15, -0.1) is 0 Å². The molecule has 6 aliphatic rings. The quantitative estimate of drug-likeness (QED) is 0.449. The molecule has 2 aliphatic heterocycles. The second-order valence-corrected chi connectivity index (χ2v) is 10.3. The van der Waals surface area contributed by atoms with E-state index >= 15 is 0 Å². The molecule has 0 aromatic rings. The van der Waals surface area contributed by atoms with E-state index in [9.17, 15) is 15.3 Å². The molecule has 5 nitrogen and oxygen atoms in total. The van der Waals surface area contributed by atoms with Gasteiger partial charge in [0.25, 0.3) is 0 Å². The maximum atomic E-state index is 11.9. The second-order valence-electron chi connectivity index (χ2n) is 10.3. The number of ether oxygens (including phenoxy) is 2. The summed E-state index contributed by atoms with van der Waals surface area (Å²) in [5.74, 6) is -0.101. The lowest BCUT2D eigenvalue weighted by atomic mass is 9.64. The average molecular weight is 348 g/mol. The molecule has 3 saturated carbocycles. The van der Waals surface area contributed by atoms with Gasteiger partial charge >= 0.3 is 0 Å². The Hall–Kier alpha value is -0.460. The highest BCUT2D eigenvalue weighted by Crippen LogP contribution is 2.77. The van der Waals surface area contributed by atoms with Crippen molar-refractivity contribution in [2.45, 2.75) is 82.3 Å². The van der Waals surface area contributed by atoms with Gasteiger partial charge in [-0.3, -0.25) is 0 Å². The molecular formula is C20H28O5. The van der Waals surface area contributed by atoms with Crippen molar-refractivity contribution in [1.82, 2.24) is 0 Å². The summed E-state index contributed by atoms with van der Waals surface area (Å²) in [7, 11) is 0. The lowest BCUT2D eigenvalue weighted by Crippen LogP contribution is -2.63. The first kappa shape index (κ1) is 15.6. The molecule has 1 unspecified atom stereocenters. The normalized spacial score (nSPS) is 68.2. The van der Waals surface area contributed by atoms with Crippen LogP contribution in [0.2, 0.25) is 0 Å². The number of epoxide rings is 1. The molecule has 25 heavy (non-hydrogen) atoms. The van der Waals surface area contributed by atoms with E-state index in [2.05, 4.69) is 19.9 Å². The maximum absolute atomic E-state index is 11.9. The Morgan fingerprint density at radius 3 is 2.64 bits per heavy atom. The van der Waals surface area contributed by atoms with Crippen LogP contribution in [0.3, 0.4) is 0 Å². The summed E-state index contributed by atoms with van der Waals surface area (Å²) >= 11 is 0. The standard InChI is InChI=1S/C20H28O5/c1-8-5-12-19-7-11(22)20(23)15(14-16(24-14)17(20,2)3)18(4,25-12)10(19)6-9(21)13(8)19/h5,9-16,21-23H,6-7H2,1-4H3/t9-,10-,11+,12-,13-,14-,15-,16-,18?,19-,20+/m0/s1. The van der Waals surface area contributed by atoms with Crippen molar-refractivity contribution in [2.24, 2.45) is 28.6 Å². The summed E-state index contributed by atoms with van der Waals surface area (Å²) < 4.78 is 12.7. The van der Waals surface area contributed by atoms with Crippen LogP contribution in [0.5, 0.6) is 0 Å². The molecule has 2 heterocycles. The van der Waals surface area contributed by atoms with E-state index in [0.717, 1.165) is 0 Å². The molecule has 1 spiro atoms. The van der Waals surface area contributed by atoms with E-state index in [1.165, 1.54) is 5.57 Å². The minimum Gasteiger partial charge on any atom is -0.392 e. The van der Waals surface area contributed by atoms with E-state index in [0.29, 0.717) is 12.8 Å². The van der Waals surface area contributed by atoms with Gasteiger partial charge in [0.1, 0.15) is 5.60 Å². The third-order valence-electron chi connectivity index (χ3n) is 9.34. The number of aliphatic hydroxyl groups is 3. The highest BCUT2D eigenvalue weighted by atomic mass is 16.6. The largest absolute Gasteiger partial charge is 0.392 e. The van der Waals surface area contributed by atoms with Crippen LogP contribution in [0, 0.1) is 28.6 Å². The minimum atomic E-state index is -1.22. The molecule has 11 atom stereocenters. The summed E-state index contributed by atoms with van der Waals surface area (Å²) in [6.07, 6.45) is 1.95. The summed E-state index contributed by atoms with van der Waals surface area (Å²) in [5.41, 5.74) is -1.43. The summed E-state index contributed by atoms with van der Waals surface area (Å²) in [6, 6.07) is 0. The molecule has 4 aliphatic carbocycles. The molecule has 0 aromatic heterocycles. The number of fused-ring (bicyclic) bond motifs is 4. The maximum Gasteiger partial charge on any atom is 0.106 e. The van der Waals surface area contributed by atoms with E-state index in [1.54, 1.807) is 0 Å². The zero-order valence-electron chi connectivity index (χ0n) is 15.3. The van der Waals surface area contributed by atoms with Crippen LogP contribution in [-0.4, -0.2) is 57.0 Å². The van der Waals surface area contributed by atoms with Gasteiger partial charge in [0.15, 0.2) is 0 Å². The van der Waals surface area contributed by atoms with Gasteiger partial charge in [0, 0.05) is 22.7 Å². The third-order valence-corrected chi connectivity index (χ3v) is 9.34. The lowest BCUT2D eigenvalue weighted by molar-refractivity contribution is -0.239. The Balaban J connectivity index is 1.60. The van der Waals surface area contributed by atoms with Crippen molar-refractivity contribution >= 4 is 0 Å². The van der Waals surface area contributed by atoms with Gasteiger partial charge in [-0.2, -0.15) is 0 Å². The first-order chi connectivity index (χ1) is 11.6. The molecule has 5 fully saturated rings. The summed E-state index contributed by atoms with van der Waals surface area (Å²) in [5, 5.41) is 34.0. The predicted octanol–water partition coefficient (Wildman–Crippen LogP) is 1.01. The molecule has 0 aromatic carbocycles. The number of aliphatic hydroxyl groups excluding tert-OH is 2. The van der Waals surface area contributed by atoms with Crippen molar-refractivity contribution < 1.29 is 24.8 Å². The molecule has 0 amide bonds. The fourth-order valence-corrected chi connectivity index (χ4v) is 8.44. The van der Waals surface area contributed by atoms with Gasteiger partial charge in [0.2, 0.25) is 0 Å². The van der Waals surface area contributed by atoms with E-state index in [1.807, 2.05) is 13.8 Å². The molecular weight excluding hydrogens is 320 g/mol. The van der Waals surface area contributed by atoms with Gasteiger partial charge in [-0.05, 0) is 32.6 Å². The molecule has 2 bridgehead atoms. The molecule has 0 radical (unpaired) electrons. The van der Waals surface area contributed by atoms with Crippen LogP contribution < -0.4 is 0 Å². The summed E-state index contributed by atoms with van der Waals surface area (Å²) in [6.45, 7) is 8.21. The second kappa shape index (κ2) is 3.88. The highest BCUT2D eigenvalue weighted by Gasteiger charge is 2.86. The number of hydrogen-bond acceptors (Lipinski definition) is 5. The highest BCUT2D eigenvalue weighted by molar-refractivity contribution is 5.39. The summed E-state index contributed by atoms with van der Waals surface area (Å²) in [4.78, 5) is 0. The van der Waals surface area contributed by atoms with Crippen LogP contribution in [-0.2, 0) is 9.47 Å². The smallest absolute Gasteiger partial charge is 0.106 e. The SMILES string of the molecule is CC1=C[C@@H]2OC3(C)[C@@H]4C[C@H](O)[C@H]1[C@]24C[C@@H](O)[C@@]1(O)[C@H]3[C@@H]2O[C@@H]2C1(C)C. The Labute approximate surface area is 148 Å². The fourth-order valence-electron chi connectivity index (χ4n) is 8.44. The third kappa shape index (κ3) is 1.28. The van der Waals surface area contributed by atoms with E-state index in [4.69, 9.17) is 9.47 Å². The Morgan fingerprint density at radius 1 is 1.20 bits per heavy atom. The van der Waals surface area contributed by atoms with Crippen molar-refractivity contribution in [3.63, 3.8) is 0 Å². The molecule has 138 valence electrons. The molecule has 6 rings (SSSR count). The Kier molecular flexibility index (Phi) is 2.42. The van der Waals surface area contributed by atoms with Gasteiger partial charge in [-0.25, -0.2) is 0 Å². The molecule has 3 N–H and O–H groups in total. The first-order valence-electron chi connectivity index (χ1n) is 9.70. The number of rotatable bonds is 0. The van der Waals surface area contributed by atoms with Crippen LogP contribution in [0.25, 0.3) is 0 Å². The van der Waals surface area contributed by atoms with Gasteiger partial charge < -0.3 is 24.8 Å². The van der Waals surface area contributed by atoms with Gasteiger partial charge in [0.05, 0.1) is 36.1 Å². The average Bonchev–Trinajstić information content (AvgIpc) is 3.05. The van der Waals surface area contributed by atoms with E-state index < -0.39 is 28.8 Å². The molecule has 2 saturated heterocycles. The Bertz CT molecular complexity index is 717. The monoisotopic (exact) mass is 348 g/mol. The van der Waals surface area contributed by atoms with Crippen molar-refractivity contribution in [2.75, 3.05) is 0 Å². The Morgan fingerprint density at radius 2 is 1.92 bits per heavy atom. The fraction of sp³-hybridized carbons (Fsp3) is 0.900. The lowest BCUT2D eigenvalue weighted by Gasteiger charge is -2.51. The molecule has 5 heteroatoms. The number of hydrogen-bond donors (Lipinski definition) is 3. The van der Waals surface area contributed by atoms with Crippen LogP contribution >= 0.6 is 0 Å². The van der Waals surface area contributed by atoms with Crippen molar-refractivity contribution in [3.8, 4) is 0 Å². The van der Waals surface area contributed by atoms with Crippen molar-refractivity contribution in [3.05, 3.63) is 11.6 Å². The predicted molar refractivity (Wildman–Crippen MR) is 88.6 cm³/mol. The van der Waals surface area contributed by atoms with Gasteiger partial charge in [-0.1, -0.05) is 25.5 Å². The zero-order chi connectivity index (χ0) is 17.7. The van der Waals surface area contributed by atoms with Crippen molar-refractivity contribution in [1.29, 1.82) is 0 Å². The topological polar surface area (TPSA) is 82.5 Å². The van der Waals surface area contributed by atoms with Crippen LogP contribution in [0.4, 0.5) is 0 Å². The van der Waals surface area contributed by atoms with Crippen LogP contribution in [0.15, 0.2) is 11.6 Å².